The van der Waals surface area contributed by atoms with Crippen molar-refractivity contribution in [2.45, 2.75) is 51.4 Å². The number of aliphatic imine (C=N–C) groups is 1. The van der Waals surface area contributed by atoms with Crippen LogP contribution in [0.3, 0.4) is 0 Å². The van der Waals surface area contributed by atoms with E-state index in [1.165, 1.54) is 44.2 Å². The van der Waals surface area contributed by atoms with Crippen molar-refractivity contribution in [2.75, 3.05) is 31.1 Å². The van der Waals surface area contributed by atoms with Gasteiger partial charge in [0.15, 0.2) is 5.65 Å². The van der Waals surface area contributed by atoms with Gasteiger partial charge in [-0.2, -0.15) is 5.10 Å². The van der Waals surface area contributed by atoms with Gasteiger partial charge in [0.25, 0.3) is 0 Å². The zero-order valence-electron chi connectivity index (χ0n) is 17.5. The molecular weight excluding hydrogens is 360 g/mol. The van der Waals surface area contributed by atoms with Crippen LogP contribution >= 0.6 is 0 Å². The number of anilines is 1. The van der Waals surface area contributed by atoms with Crippen molar-refractivity contribution in [2.24, 2.45) is 18.0 Å². The Morgan fingerprint density at radius 2 is 1.86 bits per heavy atom. The second kappa shape index (κ2) is 8.27. The third-order valence-corrected chi connectivity index (χ3v) is 6.64. The molecule has 2 aromatic rings. The highest BCUT2D eigenvalue weighted by Gasteiger charge is 2.22. The molecule has 3 aliphatic heterocycles. The summed E-state index contributed by atoms with van der Waals surface area (Å²) in [5, 5.41) is 9.38. The Balaban J connectivity index is 1.38. The molecule has 3 aliphatic rings. The van der Waals surface area contributed by atoms with Crippen molar-refractivity contribution in [3.8, 4) is 0 Å². The van der Waals surface area contributed by atoms with E-state index >= 15 is 0 Å². The quantitative estimate of drug-likeness (QED) is 0.857. The van der Waals surface area contributed by atoms with E-state index in [4.69, 9.17) is 15.1 Å². The molecule has 0 saturated carbocycles. The Hall–Kier alpha value is -2.21. The summed E-state index contributed by atoms with van der Waals surface area (Å²) in [6.45, 7) is 4.51. The normalized spacial score (nSPS) is 21.3. The van der Waals surface area contributed by atoms with Crippen LogP contribution < -0.4 is 10.2 Å². The Morgan fingerprint density at radius 3 is 2.66 bits per heavy atom. The van der Waals surface area contributed by atoms with Crippen LogP contribution in [0.25, 0.3) is 16.7 Å². The van der Waals surface area contributed by atoms with E-state index in [-0.39, 0.29) is 0 Å². The number of fused-ring (bicyclic) bond motifs is 1. The highest BCUT2D eigenvalue weighted by Crippen LogP contribution is 2.31. The smallest absolute Gasteiger partial charge is 0.160 e. The number of nitrogens with zero attached hydrogens (tertiary/aromatic N) is 5. The summed E-state index contributed by atoms with van der Waals surface area (Å²) in [4.78, 5) is 12.4. The average Bonchev–Trinajstić information content (AvgIpc) is 3.22. The van der Waals surface area contributed by atoms with Crippen LogP contribution in [0.15, 0.2) is 23.2 Å². The summed E-state index contributed by atoms with van der Waals surface area (Å²) in [6, 6.07) is 4.38. The van der Waals surface area contributed by atoms with Crippen LogP contribution in [0, 0.1) is 5.92 Å². The topological polar surface area (TPSA) is 58.3 Å². The number of hydrogen-bond acceptors (Lipinski definition) is 5. The second-order valence-corrected chi connectivity index (χ2v) is 8.78. The SMILES string of the molecule is Cn1nc(C2=CCC(CC3CCNCC3)=N2)c2ccc(N3CCCCCC3)nc21. The number of nitrogens with one attached hydrogen (secondary N) is 1. The van der Waals surface area contributed by atoms with E-state index in [9.17, 15) is 0 Å². The second-order valence-electron chi connectivity index (χ2n) is 8.78. The van der Waals surface area contributed by atoms with Crippen LogP contribution in [0.2, 0.25) is 0 Å². The molecule has 0 aliphatic carbocycles. The van der Waals surface area contributed by atoms with E-state index in [0.717, 1.165) is 73.2 Å². The summed E-state index contributed by atoms with van der Waals surface area (Å²) < 4.78 is 1.92. The number of hydrogen-bond donors (Lipinski definition) is 1. The minimum absolute atomic E-state index is 0.779. The molecule has 6 nitrogen and oxygen atoms in total. The standard InChI is InChI=1S/C23H32N6/c1-28-23-19(7-9-21(26-23)29-14-4-2-3-5-15-29)22(27-28)20-8-6-18(25-20)16-17-10-12-24-13-11-17/h7-9,17,24H,2-6,10-16H2,1H3. The average molecular weight is 393 g/mol. The maximum absolute atomic E-state index is 4.99. The van der Waals surface area contributed by atoms with Gasteiger partial charge in [-0.3, -0.25) is 4.99 Å². The fraction of sp³-hybridized carbons (Fsp3) is 0.609. The summed E-state index contributed by atoms with van der Waals surface area (Å²) in [5.74, 6) is 1.87. The van der Waals surface area contributed by atoms with Crippen LogP contribution in [0.4, 0.5) is 5.82 Å². The Morgan fingerprint density at radius 1 is 1.07 bits per heavy atom. The molecule has 0 spiro atoms. The van der Waals surface area contributed by atoms with Crippen molar-refractivity contribution in [3.63, 3.8) is 0 Å². The maximum atomic E-state index is 4.99. The monoisotopic (exact) mass is 392 g/mol. The van der Waals surface area contributed by atoms with E-state index in [2.05, 4.69) is 28.4 Å². The van der Waals surface area contributed by atoms with Crippen molar-refractivity contribution >= 4 is 28.3 Å². The van der Waals surface area contributed by atoms with Gasteiger partial charge < -0.3 is 10.2 Å². The number of allylic oxidation sites excluding steroid dienone is 1. The Bertz CT molecular complexity index is 926. The summed E-state index contributed by atoms with van der Waals surface area (Å²) in [6.07, 6.45) is 12.1. The van der Waals surface area contributed by atoms with Gasteiger partial charge in [0.05, 0.1) is 5.70 Å². The Labute approximate surface area is 173 Å². The van der Waals surface area contributed by atoms with Crippen molar-refractivity contribution in [1.29, 1.82) is 0 Å². The molecular formula is C23H32N6. The lowest BCUT2D eigenvalue weighted by molar-refractivity contribution is 0.384. The lowest BCUT2D eigenvalue weighted by Gasteiger charge is -2.22. The predicted octanol–water partition coefficient (Wildman–Crippen LogP) is 3.92. The molecule has 2 fully saturated rings. The molecule has 6 heteroatoms. The molecule has 5 rings (SSSR count). The zero-order chi connectivity index (χ0) is 19.6. The molecule has 2 saturated heterocycles. The van der Waals surface area contributed by atoms with Gasteiger partial charge in [-0.1, -0.05) is 18.9 Å². The minimum atomic E-state index is 0.779. The van der Waals surface area contributed by atoms with E-state index in [0.29, 0.717) is 0 Å². The number of rotatable bonds is 4. The van der Waals surface area contributed by atoms with Gasteiger partial charge in [0.2, 0.25) is 0 Å². The van der Waals surface area contributed by atoms with Gasteiger partial charge in [0.1, 0.15) is 11.5 Å². The molecule has 0 bridgehead atoms. The maximum Gasteiger partial charge on any atom is 0.160 e. The van der Waals surface area contributed by atoms with Crippen LogP contribution in [-0.4, -0.2) is 46.7 Å². The molecule has 2 aromatic heterocycles. The van der Waals surface area contributed by atoms with Gasteiger partial charge in [0, 0.05) is 37.7 Å². The lowest BCUT2D eigenvalue weighted by Crippen LogP contribution is -2.28. The molecule has 0 unspecified atom stereocenters. The van der Waals surface area contributed by atoms with Crippen molar-refractivity contribution < 1.29 is 0 Å². The first-order valence-electron chi connectivity index (χ1n) is 11.3. The predicted molar refractivity (Wildman–Crippen MR) is 119 cm³/mol. The molecule has 0 radical (unpaired) electrons. The van der Waals surface area contributed by atoms with Gasteiger partial charge >= 0.3 is 0 Å². The largest absolute Gasteiger partial charge is 0.357 e. The van der Waals surface area contributed by atoms with Crippen LogP contribution in [-0.2, 0) is 7.05 Å². The first-order valence-corrected chi connectivity index (χ1v) is 11.3. The minimum Gasteiger partial charge on any atom is -0.357 e. The first kappa shape index (κ1) is 18.8. The van der Waals surface area contributed by atoms with E-state index in [1.807, 2.05) is 11.7 Å². The highest BCUT2D eigenvalue weighted by molar-refractivity contribution is 5.99. The van der Waals surface area contributed by atoms with Gasteiger partial charge in [-0.05, 0) is 63.2 Å². The zero-order valence-corrected chi connectivity index (χ0v) is 17.5. The third-order valence-electron chi connectivity index (χ3n) is 6.64. The van der Waals surface area contributed by atoms with Gasteiger partial charge in [-0.15, -0.1) is 0 Å². The first-order chi connectivity index (χ1) is 14.3. The highest BCUT2D eigenvalue weighted by atomic mass is 15.3. The molecule has 29 heavy (non-hydrogen) atoms. The summed E-state index contributed by atoms with van der Waals surface area (Å²) >= 11 is 0. The summed E-state index contributed by atoms with van der Waals surface area (Å²) in [7, 11) is 2.00. The van der Waals surface area contributed by atoms with Crippen molar-refractivity contribution in [3.05, 3.63) is 23.9 Å². The van der Waals surface area contributed by atoms with Gasteiger partial charge in [-0.25, -0.2) is 9.67 Å². The van der Waals surface area contributed by atoms with E-state index < -0.39 is 0 Å². The molecule has 154 valence electrons. The van der Waals surface area contributed by atoms with Crippen LogP contribution in [0.5, 0.6) is 0 Å². The third kappa shape index (κ3) is 3.95. The number of pyridine rings is 1. The molecule has 0 amide bonds. The molecule has 5 heterocycles. The fourth-order valence-corrected chi connectivity index (χ4v) is 4.96. The molecule has 0 atom stereocenters. The number of aryl methyl sites for hydroxylation is 1. The molecule has 1 N–H and O–H groups in total. The number of aromatic nitrogens is 3. The molecule has 0 aromatic carbocycles. The summed E-state index contributed by atoms with van der Waals surface area (Å²) in [5.41, 5.74) is 4.30. The fourth-order valence-electron chi connectivity index (χ4n) is 4.96. The lowest BCUT2D eigenvalue weighted by atomic mass is 9.92. The van der Waals surface area contributed by atoms with E-state index in [1.54, 1.807) is 0 Å². The van der Waals surface area contributed by atoms with Crippen LogP contribution in [0.1, 0.15) is 57.1 Å². The number of piperidine rings is 1. The van der Waals surface area contributed by atoms with Crippen molar-refractivity contribution in [1.82, 2.24) is 20.1 Å². The Kier molecular flexibility index (Phi) is 5.36.